The van der Waals surface area contributed by atoms with Crippen LogP contribution in [0.1, 0.15) is 29.3 Å². The third kappa shape index (κ3) is 4.77. The normalized spacial score (nSPS) is 11.0. The van der Waals surface area contributed by atoms with E-state index in [9.17, 15) is 19.7 Å². The number of benzene rings is 2. The molecule has 2 heterocycles. The molecule has 0 N–H and O–H groups in total. The van der Waals surface area contributed by atoms with Gasteiger partial charge < -0.3 is 13.7 Å². The number of esters is 1. The molecule has 0 aliphatic carbocycles. The van der Waals surface area contributed by atoms with Crippen molar-refractivity contribution < 1.29 is 18.9 Å². The number of hydrogen-bond donors (Lipinski definition) is 0. The van der Waals surface area contributed by atoms with Gasteiger partial charge in [-0.25, -0.2) is 9.59 Å². The number of carbonyl (C=O) groups excluding carboxylic acids is 1. The van der Waals surface area contributed by atoms with Crippen LogP contribution < -0.4 is 10.4 Å². The highest BCUT2D eigenvalue weighted by molar-refractivity contribution is 7.99. The SMILES string of the molecule is CCCc1cc(=O)oc2cc(OC(=O)c3ccc(Sc4nncn4C)c([N+](=O)[O-])c3)ccc12. The first-order chi connectivity index (χ1) is 15.9. The van der Waals surface area contributed by atoms with Crippen LogP contribution in [-0.4, -0.2) is 25.7 Å². The van der Waals surface area contributed by atoms with Gasteiger partial charge in [0.25, 0.3) is 5.69 Å². The lowest BCUT2D eigenvalue weighted by Crippen LogP contribution is -2.09. The Morgan fingerprint density at radius 2 is 2.06 bits per heavy atom. The molecule has 0 bridgehead atoms. The quantitative estimate of drug-likeness (QED) is 0.130. The van der Waals surface area contributed by atoms with Gasteiger partial charge in [-0.3, -0.25) is 10.1 Å². The molecule has 2 aromatic carbocycles. The van der Waals surface area contributed by atoms with Gasteiger partial charge in [-0.2, -0.15) is 0 Å². The van der Waals surface area contributed by atoms with E-state index in [2.05, 4.69) is 10.2 Å². The average molecular weight is 466 g/mol. The molecule has 0 fully saturated rings. The van der Waals surface area contributed by atoms with Gasteiger partial charge in [0.15, 0.2) is 5.16 Å². The summed E-state index contributed by atoms with van der Waals surface area (Å²) in [5, 5.41) is 20.5. The summed E-state index contributed by atoms with van der Waals surface area (Å²) in [6.07, 6.45) is 3.05. The molecule has 0 atom stereocenters. The molecule has 4 aromatic rings. The highest BCUT2D eigenvalue weighted by Crippen LogP contribution is 2.34. The number of ether oxygens (including phenoxy) is 1. The monoisotopic (exact) mass is 466 g/mol. The number of nitro benzene ring substituents is 1. The van der Waals surface area contributed by atoms with E-state index in [-0.39, 0.29) is 17.0 Å². The predicted molar refractivity (Wildman–Crippen MR) is 120 cm³/mol. The number of hydrogen-bond acceptors (Lipinski definition) is 9. The van der Waals surface area contributed by atoms with E-state index in [4.69, 9.17) is 9.15 Å². The molecule has 0 aliphatic rings. The highest BCUT2D eigenvalue weighted by atomic mass is 32.2. The summed E-state index contributed by atoms with van der Waals surface area (Å²) in [6.45, 7) is 2.01. The molecule has 4 rings (SSSR count). The highest BCUT2D eigenvalue weighted by Gasteiger charge is 2.21. The van der Waals surface area contributed by atoms with Crippen LogP contribution in [0.15, 0.2) is 68.1 Å². The van der Waals surface area contributed by atoms with Gasteiger partial charge in [0, 0.05) is 30.6 Å². The minimum atomic E-state index is -0.778. The molecule has 10 nitrogen and oxygen atoms in total. The van der Waals surface area contributed by atoms with Crippen molar-refractivity contribution in [1.82, 2.24) is 14.8 Å². The van der Waals surface area contributed by atoms with Gasteiger partial charge in [-0.15, -0.1) is 10.2 Å². The van der Waals surface area contributed by atoms with Crippen molar-refractivity contribution in [3.05, 3.63) is 80.5 Å². The van der Waals surface area contributed by atoms with E-state index in [0.29, 0.717) is 22.1 Å². The maximum Gasteiger partial charge on any atom is 0.343 e. The number of carbonyl (C=O) groups is 1. The Labute approximate surface area is 191 Å². The summed E-state index contributed by atoms with van der Waals surface area (Å²) in [6, 6.07) is 10.3. The smallest absolute Gasteiger partial charge is 0.343 e. The predicted octanol–water partition coefficient (Wildman–Crippen LogP) is 4.15. The van der Waals surface area contributed by atoms with Crippen LogP contribution in [0.3, 0.4) is 0 Å². The second-order valence-corrected chi connectivity index (χ2v) is 8.16. The molecule has 0 radical (unpaired) electrons. The molecule has 0 spiro atoms. The summed E-state index contributed by atoms with van der Waals surface area (Å²) < 4.78 is 12.3. The van der Waals surface area contributed by atoms with Gasteiger partial charge in [-0.05, 0) is 48.0 Å². The lowest BCUT2D eigenvalue weighted by molar-refractivity contribution is -0.387. The Bertz CT molecular complexity index is 1430. The lowest BCUT2D eigenvalue weighted by Gasteiger charge is -2.08. The summed E-state index contributed by atoms with van der Waals surface area (Å²) in [7, 11) is 1.72. The van der Waals surface area contributed by atoms with Gasteiger partial charge in [0.1, 0.15) is 17.7 Å². The van der Waals surface area contributed by atoms with Crippen molar-refractivity contribution in [3.63, 3.8) is 0 Å². The van der Waals surface area contributed by atoms with Crippen LogP contribution in [0, 0.1) is 10.1 Å². The van der Waals surface area contributed by atoms with E-state index in [1.165, 1.54) is 30.6 Å². The summed E-state index contributed by atoms with van der Waals surface area (Å²) in [4.78, 5) is 35.8. The first kappa shape index (κ1) is 22.2. The Morgan fingerprint density at radius 3 is 2.76 bits per heavy atom. The fourth-order valence-electron chi connectivity index (χ4n) is 3.25. The minimum Gasteiger partial charge on any atom is -0.423 e. The molecular weight excluding hydrogens is 448 g/mol. The zero-order chi connectivity index (χ0) is 23.5. The first-order valence-corrected chi connectivity index (χ1v) is 10.8. The summed E-state index contributed by atoms with van der Waals surface area (Å²) >= 11 is 1.06. The number of nitro groups is 1. The summed E-state index contributed by atoms with van der Waals surface area (Å²) in [5.74, 6) is -0.621. The number of aromatic nitrogens is 3. The number of nitrogens with zero attached hydrogens (tertiary/aromatic N) is 4. The molecular formula is C22H18N4O6S. The summed E-state index contributed by atoms with van der Waals surface area (Å²) in [5.41, 5.74) is 0.420. The number of rotatable bonds is 7. The fraction of sp³-hybridized carbons (Fsp3) is 0.182. The second-order valence-electron chi connectivity index (χ2n) is 7.15. The number of fused-ring (bicyclic) bond motifs is 1. The third-order valence-electron chi connectivity index (χ3n) is 4.79. The molecule has 0 saturated carbocycles. The zero-order valence-electron chi connectivity index (χ0n) is 17.7. The Hall–Kier alpha value is -3.99. The van der Waals surface area contributed by atoms with Gasteiger partial charge in [-0.1, -0.05) is 13.3 Å². The van der Waals surface area contributed by atoms with Crippen LogP contribution in [0.5, 0.6) is 5.75 Å². The van der Waals surface area contributed by atoms with E-state index in [1.54, 1.807) is 23.7 Å². The van der Waals surface area contributed by atoms with Crippen molar-refractivity contribution in [2.45, 2.75) is 29.8 Å². The molecule has 0 saturated heterocycles. The maximum absolute atomic E-state index is 12.7. The second kappa shape index (κ2) is 9.25. The lowest BCUT2D eigenvalue weighted by atomic mass is 10.1. The van der Waals surface area contributed by atoms with E-state index < -0.39 is 16.5 Å². The number of aryl methyl sites for hydroxylation is 2. The third-order valence-corrected chi connectivity index (χ3v) is 5.91. The maximum atomic E-state index is 12.7. The molecule has 2 aromatic heterocycles. The van der Waals surface area contributed by atoms with Gasteiger partial charge in [0.2, 0.25) is 0 Å². The molecule has 0 unspecified atom stereocenters. The average Bonchev–Trinajstić information content (AvgIpc) is 3.18. The van der Waals surface area contributed by atoms with E-state index >= 15 is 0 Å². The minimum absolute atomic E-state index is 0.00491. The van der Waals surface area contributed by atoms with E-state index in [0.717, 1.165) is 35.2 Å². The Kier molecular flexibility index (Phi) is 6.22. The molecule has 0 aliphatic heterocycles. The van der Waals surface area contributed by atoms with Crippen LogP contribution in [0.25, 0.3) is 11.0 Å². The molecule has 33 heavy (non-hydrogen) atoms. The van der Waals surface area contributed by atoms with Crippen LogP contribution in [-0.2, 0) is 13.5 Å². The Balaban J connectivity index is 1.61. The molecule has 0 amide bonds. The van der Waals surface area contributed by atoms with Crippen molar-refractivity contribution in [2.75, 3.05) is 0 Å². The zero-order valence-corrected chi connectivity index (χ0v) is 18.5. The standard InChI is InChI=1S/C22H18N4O6S/c1-3-4-13-10-20(27)32-18-11-15(6-7-16(13)18)31-21(28)14-5-8-19(17(9-14)26(29)30)33-22-24-23-12-25(22)2/h5-12H,3-4H2,1-2H3. The first-order valence-electron chi connectivity index (χ1n) is 9.95. The van der Waals surface area contributed by atoms with Crippen molar-refractivity contribution in [1.29, 1.82) is 0 Å². The fourth-order valence-corrected chi connectivity index (χ4v) is 4.10. The topological polar surface area (TPSA) is 130 Å². The van der Waals surface area contributed by atoms with Crippen LogP contribution in [0.4, 0.5) is 5.69 Å². The van der Waals surface area contributed by atoms with Crippen molar-refractivity contribution >= 4 is 34.4 Å². The van der Waals surface area contributed by atoms with Crippen molar-refractivity contribution in [2.24, 2.45) is 7.05 Å². The van der Waals surface area contributed by atoms with Crippen LogP contribution in [0.2, 0.25) is 0 Å². The van der Waals surface area contributed by atoms with E-state index in [1.807, 2.05) is 6.92 Å². The van der Waals surface area contributed by atoms with Crippen molar-refractivity contribution in [3.8, 4) is 5.75 Å². The largest absolute Gasteiger partial charge is 0.423 e. The van der Waals surface area contributed by atoms with Crippen LogP contribution >= 0.6 is 11.8 Å². The molecule has 168 valence electrons. The van der Waals surface area contributed by atoms with Gasteiger partial charge in [0.05, 0.1) is 15.4 Å². The molecule has 11 heteroatoms. The van der Waals surface area contributed by atoms with Gasteiger partial charge >= 0.3 is 11.6 Å². The Morgan fingerprint density at radius 1 is 1.24 bits per heavy atom.